The third-order valence-electron chi connectivity index (χ3n) is 2.68. The first-order valence-corrected chi connectivity index (χ1v) is 6.89. The molecule has 2 aromatic rings. The highest BCUT2D eigenvalue weighted by Crippen LogP contribution is 2.36. The summed E-state index contributed by atoms with van der Waals surface area (Å²) in [5.41, 5.74) is 1.24. The number of aryl methyl sites for hydroxylation is 1. The van der Waals surface area contributed by atoms with Crippen LogP contribution in [0, 0.1) is 28.4 Å². The van der Waals surface area contributed by atoms with Crippen molar-refractivity contribution in [3.05, 3.63) is 61.8 Å². The van der Waals surface area contributed by atoms with Crippen molar-refractivity contribution in [2.24, 2.45) is 0 Å². The van der Waals surface area contributed by atoms with Crippen molar-refractivity contribution in [1.29, 1.82) is 5.26 Å². The van der Waals surface area contributed by atoms with Crippen molar-refractivity contribution in [3.8, 4) is 6.07 Å². The SMILES string of the molecule is Cc1ccc([N+](=O)[O-])c(C(Cl)=C(C#N)c2cccs2)c1. The first kappa shape index (κ1) is 14.3. The summed E-state index contributed by atoms with van der Waals surface area (Å²) in [5, 5.41) is 22.3. The second kappa shape index (κ2) is 5.87. The fourth-order valence-electron chi connectivity index (χ4n) is 1.75. The summed E-state index contributed by atoms with van der Waals surface area (Å²) >= 11 is 7.61. The van der Waals surface area contributed by atoms with E-state index in [0.717, 1.165) is 5.56 Å². The highest BCUT2D eigenvalue weighted by molar-refractivity contribution is 7.11. The Labute approximate surface area is 124 Å². The maximum Gasteiger partial charge on any atom is 0.278 e. The van der Waals surface area contributed by atoms with Gasteiger partial charge in [-0.2, -0.15) is 5.26 Å². The molecule has 0 aliphatic heterocycles. The fraction of sp³-hybridized carbons (Fsp3) is 0.0714. The Hall–Kier alpha value is -2.16. The molecule has 1 heterocycles. The molecule has 0 saturated carbocycles. The Morgan fingerprint density at radius 1 is 1.45 bits per heavy atom. The second-order valence-corrected chi connectivity index (χ2v) is 5.38. The summed E-state index contributed by atoms with van der Waals surface area (Å²) in [5.74, 6) is 0. The number of thiophene rings is 1. The Kier molecular flexibility index (Phi) is 4.18. The lowest BCUT2D eigenvalue weighted by Gasteiger charge is -2.05. The van der Waals surface area contributed by atoms with Crippen molar-refractivity contribution in [2.45, 2.75) is 6.92 Å². The van der Waals surface area contributed by atoms with E-state index in [1.807, 2.05) is 18.4 Å². The molecule has 0 saturated heterocycles. The summed E-state index contributed by atoms with van der Waals surface area (Å²) in [6, 6.07) is 10.2. The third-order valence-corrected chi connectivity index (χ3v) is 3.96. The van der Waals surface area contributed by atoms with E-state index in [2.05, 4.69) is 0 Å². The van der Waals surface area contributed by atoms with E-state index in [9.17, 15) is 15.4 Å². The van der Waals surface area contributed by atoms with Crippen LogP contribution in [0.4, 0.5) is 5.69 Å². The molecule has 6 heteroatoms. The van der Waals surface area contributed by atoms with Gasteiger partial charge >= 0.3 is 0 Å². The van der Waals surface area contributed by atoms with Gasteiger partial charge in [0.1, 0.15) is 6.07 Å². The van der Waals surface area contributed by atoms with Crippen LogP contribution in [0.15, 0.2) is 35.7 Å². The minimum absolute atomic E-state index is 0.102. The van der Waals surface area contributed by atoms with Crippen molar-refractivity contribution < 1.29 is 4.92 Å². The number of nitro benzene ring substituents is 1. The van der Waals surface area contributed by atoms with Crippen LogP contribution in [-0.4, -0.2) is 4.92 Å². The number of benzene rings is 1. The number of halogens is 1. The average molecular weight is 305 g/mol. The van der Waals surface area contributed by atoms with Gasteiger partial charge in [0.05, 0.1) is 21.1 Å². The normalized spacial score (nSPS) is 11.7. The fourth-order valence-corrected chi connectivity index (χ4v) is 2.83. The van der Waals surface area contributed by atoms with E-state index >= 15 is 0 Å². The van der Waals surface area contributed by atoms with Crippen LogP contribution in [0.25, 0.3) is 10.6 Å². The van der Waals surface area contributed by atoms with Crippen LogP contribution >= 0.6 is 22.9 Å². The van der Waals surface area contributed by atoms with Crippen LogP contribution < -0.4 is 0 Å². The largest absolute Gasteiger partial charge is 0.278 e. The van der Waals surface area contributed by atoms with E-state index < -0.39 is 4.92 Å². The van der Waals surface area contributed by atoms with Gasteiger partial charge < -0.3 is 0 Å². The first-order valence-electron chi connectivity index (χ1n) is 5.63. The van der Waals surface area contributed by atoms with Crippen molar-refractivity contribution >= 4 is 39.2 Å². The van der Waals surface area contributed by atoms with Crippen molar-refractivity contribution in [3.63, 3.8) is 0 Å². The Morgan fingerprint density at radius 2 is 2.20 bits per heavy atom. The van der Waals surface area contributed by atoms with Crippen LogP contribution in [0.1, 0.15) is 16.0 Å². The molecule has 100 valence electrons. The summed E-state index contributed by atoms with van der Waals surface area (Å²) < 4.78 is 0. The molecule has 0 aliphatic rings. The number of hydrogen-bond acceptors (Lipinski definition) is 4. The molecular formula is C14H9ClN2O2S. The first-order chi connectivity index (χ1) is 9.54. The van der Waals surface area contributed by atoms with Gasteiger partial charge in [0.15, 0.2) is 0 Å². The van der Waals surface area contributed by atoms with Crippen molar-refractivity contribution in [2.75, 3.05) is 0 Å². The van der Waals surface area contributed by atoms with Crippen molar-refractivity contribution in [1.82, 2.24) is 0 Å². The molecule has 0 amide bonds. The van der Waals surface area contributed by atoms with E-state index in [4.69, 9.17) is 11.6 Å². The number of rotatable bonds is 3. The molecule has 20 heavy (non-hydrogen) atoms. The standard InChI is InChI=1S/C14H9ClN2O2S/c1-9-4-5-12(17(18)19)10(7-9)14(15)11(8-16)13-3-2-6-20-13/h2-7H,1H3. The van der Waals surface area contributed by atoms with Crippen LogP contribution in [0.2, 0.25) is 0 Å². The maximum atomic E-state index is 11.1. The summed E-state index contributed by atoms with van der Waals surface area (Å²) in [7, 11) is 0. The zero-order valence-electron chi connectivity index (χ0n) is 10.5. The number of nitriles is 1. The molecule has 1 aromatic carbocycles. The Bertz CT molecular complexity index is 730. The lowest BCUT2D eigenvalue weighted by atomic mass is 10.1. The van der Waals surface area contributed by atoms with Gasteiger partial charge in [-0.25, -0.2) is 0 Å². The summed E-state index contributed by atoms with van der Waals surface area (Å²) in [4.78, 5) is 11.3. The minimum atomic E-state index is -0.499. The molecule has 0 bridgehead atoms. The number of allylic oxidation sites excluding steroid dienone is 1. The van der Waals surface area contributed by atoms with E-state index in [1.165, 1.54) is 17.4 Å². The molecule has 0 atom stereocenters. The number of nitro groups is 1. The molecule has 0 unspecified atom stereocenters. The van der Waals surface area contributed by atoms with Gasteiger partial charge in [-0.05, 0) is 30.0 Å². The second-order valence-electron chi connectivity index (χ2n) is 4.06. The highest BCUT2D eigenvalue weighted by Gasteiger charge is 2.20. The molecule has 2 rings (SSSR count). The quantitative estimate of drug-likeness (QED) is 0.473. The maximum absolute atomic E-state index is 11.1. The predicted molar refractivity (Wildman–Crippen MR) is 80.4 cm³/mol. The molecule has 0 N–H and O–H groups in total. The van der Waals surface area contributed by atoms with Gasteiger partial charge in [-0.15, -0.1) is 11.3 Å². The zero-order chi connectivity index (χ0) is 14.7. The molecule has 0 radical (unpaired) electrons. The zero-order valence-corrected chi connectivity index (χ0v) is 12.0. The van der Waals surface area contributed by atoms with Gasteiger partial charge in [0.2, 0.25) is 0 Å². The highest BCUT2D eigenvalue weighted by atomic mass is 35.5. The third kappa shape index (κ3) is 2.72. The molecule has 0 aliphatic carbocycles. The van der Waals surface area contributed by atoms with Crippen LogP contribution in [0.5, 0.6) is 0 Å². The molecule has 4 nitrogen and oxygen atoms in total. The minimum Gasteiger partial charge on any atom is -0.258 e. The van der Waals surface area contributed by atoms with E-state index in [0.29, 0.717) is 4.88 Å². The Balaban J connectivity index is 2.69. The van der Waals surface area contributed by atoms with Gasteiger partial charge in [-0.1, -0.05) is 23.7 Å². The Morgan fingerprint density at radius 3 is 2.75 bits per heavy atom. The lowest BCUT2D eigenvalue weighted by molar-refractivity contribution is -0.385. The van der Waals surface area contributed by atoms with E-state index in [-0.39, 0.29) is 21.9 Å². The molecule has 1 aromatic heterocycles. The molecular weight excluding hydrogens is 296 g/mol. The van der Waals surface area contributed by atoms with Gasteiger partial charge in [-0.3, -0.25) is 10.1 Å². The summed E-state index contributed by atoms with van der Waals surface area (Å²) in [6.07, 6.45) is 0. The molecule has 0 spiro atoms. The smallest absolute Gasteiger partial charge is 0.258 e. The number of hydrogen-bond donors (Lipinski definition) is 0. The predicted octanol–water partition coefficient (Wildman–Crippen LogP) is 4.60. The van der Waals surface area contributed by atoms with Gasteiger partial charge in [0, 0.05) is 10.9 Å². The van der Waals surface area contributed by atoms with Gasteiger partial charge in [0.25, 0.3) is 5.69 Å². The summed E-state index contributed by atoms with van der Waals surface area (Å²) in [6.45, 7) is 1.81. The topological polar surface area (TPSA) is 66.9 Å². The average Bonchev–Trinajstić information content (AvgIpc) is 2.93. The monoisotopic (exact) mass is 304 g/mol. The molecule has 0 fully saturated rings. The van der Waals surface area contributed by atoms with Crippen LogP contribution in [0.3, 0.4) is 0 Å². The number of nitrogens with zero attached hydrogens (tertiary/aromatic N) is 2. The van der Waals surface area contributed by atoms with E-state index in [1.54, 1.807) is 24.3 Å². The lowest BCUT2D eigenvalue weighted by Crippen LogP contribution is -1.95. The van der Waals surface area contributed by atoms with Crippen LogP contribution in [-0.2, 0) is 0 Å².